The molecule has 0 bridgehead atoms. The lowest BCUT2D eigenvalue weighted by Gasteiger charge is -2.12. The summed E-state index contributed by atoms with van der Waals surface area (Å²) in [6, 6.07) is 8.07. The molecule has 0 saturated heterocycles. The highest BCUT2D eigenvalue weighted by molar-refractivity contribution is 6.43. The molecule has 0 aliphatic heterocycles. The minimum Gasteiger partial charge on any atom is -0.434 e. The Morgan fingerprint density at radius 2 is 1.74 bits per heavy atom. The first-order valence-corrected chi connectivity index (χ1v) is 5.93. The molecule has 100 valence electrons. The van der Waals surface area contributed by atoms with Crippen LogP contribution >= 0.6 is 23.2 Å². The molecular formula is C13H7Cl2F3O. The number of halogens is 5. The zero-order valence-corrected chi connectivity index (χ0v) is 10.9. The molecule has 0 saturated carbocycles. The van der Waals surface area contributed by atoms with E-state index in [9.17, 15) is 13.2 Å². The van der Waals surface area contributed by atoms with E-state index in [1.807, 2.05) is 0 Å². The van der Waals surface area contributed by atoms with Gasteiger partial charge in [-0.2, -0.15) is 8.78 Å². The van der Waals surface area contributed by atoms with E-state index in [1.54, 1.807) is 18.2 Å². The Morgan fingerprint density at radius 3 is 2.42 bits per heavy atom. The number of ether oxygens (including phenoxy) is 1. The fourth-order valence-electron chi connectivity index (χ4n) is 1.62. The van der Waals surface area contributed by atoms with Gasteiger partial charge in [0.1, 0.15) is 11.6 Å². The van der Waals surface area contributed by atoms with Crippen molar-refractivity contribution in [3.05, 3.63) is 52.3 Å². The van der Waals surface area contributed by atoms with E-state index in [0.29, 0.717) is 5.56 Å². The van der Waals surface area contributed by atoms with Crippen molar-refractivity contribution >= 4 is 23.2 Å². The van der Waals surface area contributed by atoms with Crippen LogP contribution in [0.5, 0.6) is 5.75 Å². The average molecular weight is 307 g/mol. The predicted molar refractivity (Wildman–Crippen MR) is 68.5 cm³/mol. The van der Waals surface area contributed by atoms with E-state index >= 15 is 0 Å². The lowest BCUT2D eigenvalue weighted by Crippen LogP contribution is -2.03. The molecule has 0 unspecified atom stereocenters. The monoisotopic (exact) mass is 306 g/mol. The third-order valence-electron chi connectivity index (χ3n) is 2.40. The van der Waals surface area contributed by atoms with Crippen LogP contribution in [-0.2, 0) is 0 Å². The molecule has 0 N–H and O–H groups in total. The van der Waals surface area contributed by atoms with Crippen LogP contribution in [0.3, 0.4) is 0 Å². The fraction of sp³-hybridized carbons (Fsp3) is 0.0769. The first-order valence-electron chi connectivity index (χ1n) is 5.18. The summed E-state index contributed by atoms with van der Waals surface area (Å²) in [7, 11) is 0. The molecule has 0 heterocycles. The smallest absolute Gasteiger partial charge is 0.387 e. The van der Waals surface area contributed by atoms with Gasteiger partial charge in [0.25, 0.3) is 0 Å². The van der Waals surface area contributed by atoms with Gasteiger partial charge in [-0.3, -0.25) is 0 Å². The molecular weight excluding hydrogens is 300 g/mol. The quantitative estimate of drug-likeness (QED) is 0.737. The predicted octanol–water partition coefficient (Wildman–Crippen LogP) is 5.40. The number of hydrogen-bond donors (Lipinski definition) is 0. The van der Waals surface area contributed by atoms with Crippen molar-refractivity contribution in [2.24, 2.45) is 0 Å². The van der Waals surface area contributed by atoms with E-state index < -0.39 is 12.4 Å². The summed E-state index contributed by atoms with van der Waals surface area (Å²) in [5.41, 5.74) is 0.638. The number of benzene rings is 2. The largest absolute Gasteiger partial charge is 0.434 e. The normalized spacial score (nSPS) is 10.8. The van der Waals surface area contributed by atoms with Crippen molar-refractivity contribution in [2.45, 2.75) is 6.61 Å². The van der Waals surface area contributed by atoms with E-state index in [1.165, 1.54) is 6.07 Å². The number of rotatable bonds is 3. The van der Waals surface area contributed by atoms with Gasteiger partial charge in [0.05, 0.1) is 10.0 Å². The zero-order valence-electron chi connectivity index (χ0n) is 9.34. The minimum absolute atomic E-state index is 0.190. The van der Waals surface area contributed by atoms with Crippen LogP contribution in [0.1, 0.15) is 0 Å². The van der Waals surface area contributed by atoms with Gasteiger partial charge in [-0.25, -0.2) is 4.39 Å². The SMILES string of the molecule is Fc1ccc(-c2cccc(Cl)c2Cl)c(OC(F)F)c1. The van der Waals surface area contributed by atoms with Gasteiger partial charge in [-0.05, 0) is 18.2 Å². The summed E-state index contributed by atoms with van der Waals surface area (Å²) in [5.74, 6) is -0.975. The van der Waals surface area contributed by atoms with E-state index in [-0.39, 0.29) is 21.4 Å². The van der Waals surface area contributed by atoms with Crippen LogP contribution in [0.15, 0.2) is 36.4 Å². The van der Waals surface area contributed by atoms with Crippen LogP contribution in [0.2, 0.25) is 10.0 Å². The molecule has 0 atom stereocenters. The minimum atomic E-state index is -3.06. The number of hydrogen-bond acceptors (Lipinski definition) is 1. The Kier molecular flexibility index (Phi) is 4.22. The summed E-state index contributed by atoms with van der Waals surface area (Å²) in [4.78, 5) is 0. The Bertz CT molecular complexity index is 602. The Labute approximate surface area is 117 Å². The third kappa shape index (κ3) is 3.14. The van der Waals surface area contributed by atoms with Crippen molar-refractivity contribution in [3.63, 3.8) is 0 Å². The highest BCUT2D eigenvalue weighted by Crippen LogP contribution is 2.38. The highest BCUT2D eigenvalue weighted by atomic mass is 35.5. The van der Waals surface area contributed by atoms with Crippen molar-refractivity contribution in [1.29, 1.82) is 0 Å². The Hall–Kier alpha value is -1.39. The standard InChI is InChI=1S/C13H7Cl2F3O/c14-10-3-1-2-9(12(10)15)8-5-4-7(16)6-11(8)19-13(17)18/h1-6,13H. The second-order valence-electron chi connectivity index (χ2n) is 3.62. The van der Waals surface area contributed by atoms with Crippen LogP contribution in [0.25, 0.3) is 11.1 Å². The zero-order chi connectivity index (χ0) is 14.0. The first-order chi connectivity index (χ1) is 8.99. The summed E-state index contributed by atoms with van der Waals surface area (Å²) < 4.78 is 42.1. The Balaban J connectivity index is 2.58. The van der Waals surface area contributed by atoms with Crippen LogP contribution in [0, 0.1) is 5.82 Å². The molecule has 0 fully saturated rings. The van der Waals surface area contributed by atoms with Crippen molar-refractivity contribution in [3.8, 4) is 16.9 Å². The lowest BCUT2D eigenvalue weighted by molar-refractivity contribution is -0.0495. The maximum Gasteiger partial charge on any atom is 0.387 e. The van der Waals surface area contributed by atoms with Crippen molar-refractivity contribution < 1.29 is 17.9 Å². The van der Waals surface area contributed by atoms with Gasteiger partial charge in [-0.1, -0.05) is 35.3 Å². The average Bonchev–Trinajstić information content (AvgIpc) is 2.33. The van der Waals surface area contributed by atoms with Gasteiger partial charge < -0.3 is 4.74 Å². The molecule has 0 aliphatic carbocycles. The summed E-state index contributed by atoms with van der Waals surface area (Å²) in [6.07, 6.45) is 0. The summed E-state index contributed by atoms with van der Waals surface area (Å²) in [6.45, 7) is -3.06. The molecule has 0 radical (unpaired) electrons. The summed E-state index contributed by atoms with van der Waals surface area (Å²) in [5, 5.41) is 0.460. The van der Waals surface area contributed by atoms with E-state index in [2.05, 4.69) is 4.74 Å². The van der Waals surface area contributed by atoms with Gasteiger partial charge in [0.15, 0.2) is 0 Å². The van der Waals surface area contributed by atoms with Crippen molar-refractivity contribution in [1.82, 2.24) is 0 Å². The van der Waals surface area contributed by atoms with Gasteiger partial charge in [0, 0.05) is 17.2 Å². The highest BCUT2D eigenvalue weighted by Gasteiger charge is 2.15. The maximum absolute atomic E-state index is 13.1. The van der Waals surface area contributed by atoms with Crippen LogP contribution in [0.4, 0.5) is 13.2 Å². The molecule has 0 amide bonds. The first kappa shape index (κ1) is 14.0. The molecule has 6 heteroatoms. The molecule has 19 heavy (non-hydrogen) atoms. The fourth-order valence-corrected chi connectivity index (χ4v) is 2.03. The van der Waals surface area contributed by atoms with Crippen LogP contribution < -0.4 is 4.74 Å². The second-order valence-corrected chi connectivity index (χ2v) is 4.41. The lowest BCUT2D eigenvalue weighted by atomic mass is 10.0. The molecule has 2 aromatic carbocycles. The van der Waals surface area contributed by atoms with E-state index in [4.69, 9.17) is 23.2 Å². The summed E-state index contributed by atoms with van der Waals surface area (Å²) >= 11 is 11.9. The molecule has 2 rings (SSSR count). The van der Waals surface area contributed by atoms with E-state index in [0.717, 1.165) is 12.1 Å². The topological polar surface area (TPSA) is 9.23 Å². The number of alkyl halides is 2. The van der Waals surface area contributed by atoms with Gasteiger partial charge in [0.2, 0.25) is 0 Å². The molecule has 0 aromatic heterocycles. The third-order valence-corrected chi connectivity index (χ3v) is 3.22. The maximum atomic E-state index is 13.1. The van der Waals surface area contributed by atoms with Gasteiger partial charge in [-0.15, -0.1) is 0 Å². The Morgan fingerprint density at radius 1 is 1.00 bits per heavy atom. The van der Waals surface area contributed by atoms with Gasteiger partial charge >= 0.3 is 6.61 Å². The van der Waals surface area contributed by atoms with Crippen LogP contribution in [-0.4, -0.2) is 6.61 Å². The molecule has 0 aliphatic rings. The molecule has 2 aromatic rings. The molecule has 1 nitrogen and oxygen atoms in total. The molecule has 0 spiro atoms. The van der Waals surface area contributed by atoms with Crippen molar-refractivity contribution in [2.75, 3.05) is 0 Å². The second kappa shape index (κ2) is 5.72.